The molecule has 0 amide bonds. The molecule has 144 valence electrons. The Morgan fingerprint density at radius 3 is 2.00 bits per heavy atom. The van der Waals surface area contributed by atoms with Crippen LogP contribution in [0.3, 0.4) is 0 Å². The van der Waals surface area contributed by atoms with Gasteiger partial charge in [-0.3, -0.25) is 19.2 Å². The smallest absolute Gasteiger partial charge is 0.308 e. The van der Waals surface area contributed by atoms with Crippen LogP contribution in [0, 0.1) is 6.92 Å². The molecule has 0 aliphatic heterocycles. The van der Waals surface area contributed by atoms with E-state index in [1.165, 1.54) is 25.3 Å². The van der Waals surface area contributed by atoms with Gasteiger partial charge in [0, 0.05) is 31.0 Å². The van der Waals surface area contributed by atoms with E-state index in [9.17, 15) is 24.3 Å². The third kappa shape index (κ3) is 2.98. The molecule has 3 rings (SSSR count). The van der Waals surface area contributed by atoms with Crippen LogP contribution in [0.5, 0.6) is 23.0 Å². The second kappa shape index (κ2) is 6.80. The molecule has 0 saturated carbocycles. The van der Waals surface area contributed by atoms with Crippen LogP contribution < -0.4 is 14.2 Å². The minimum atomic E-state index is -0.728. The number of ketones is 2. The Bertz CT molecular complexity index is 1060. The van der Waals surface area contributed by atoms with E-state index in [0.29, 0.717) is 5.56 Å². The van der Waals surface area contributed by atoms with Crippen LogP contribution in [0.25, 0.3) is 0 Å². The van der Waals surface area contributed by atoms with Crippen molar-refractivity contribution in [3.8, 4) is 23.0 Å². The number of methoxy groups -OCH3 is 1. The molecule has 1 aliphatic rings. The molecule has 28 heavy (non-hydrogen) atoms. The number of carbonyl (C=O) groups is 4. The highest BCUT2D eigenvalue weighted by molar-refractivity contribution is 6.31. The summed E-state index contributed by atoms with van der Waals surface area (Å²) in [4.78, 5) is 49.4. The van der Waals surface area contributed by atoms with Crippen LogP contribution in [0.1, 0.15) is 51.3 Å². The normalized spacial score (nSPS) is 12.1. The molecule has 0 heterocycles. The van der Waals surface area contributed by atoms with E-state index in [-0.39, 0.29) is 45.3 Å². The number of aryl methyl sites for hydroxylation is 1. The van der Waals surface area contributed by atoms with Gasteiger partial charge in [0.1, 0.15) is 11.5 Å². The van der Waals surface area contributed by atoms with Gasteiger partial charge in [-0.25, -0.2) is 0 Å². The van der Waals surface area contributed by atoms with Gasteiger partial charge in [0.2, 0.25) is 0 Å². The molecule has 8 nitrogen and oxygen atoms in total. The number of carbonyl (C=O) groups excluding carboxylic acids is 4. The minimum absolute atomic E-state index is 0.0308. The number of ether oxygens (including phenoxy) is 3. The quantitative estimate of drug-likeness (QED) is 0.540. The van der Waals surface area contributed by atoms with Crippen LogP contribution in [0.2, 0.25) is 0 Å². The van der Waals surface area contributed by atoms with Crippen molar-refractivity contribution in [1.82, 2.24) is 0 Å². The zero-order chi connectivity index (χ0) is 20.7. The molecule has 0 fully saturated rings. The molecule has 0 unspecified atom stereocenters. The summed E-state index contributed by atoms with van der Waals surface area (Å²) in [5.41, 5.74) is -0.113. The fraction of sp³-hybridized carbons (Fsp3) is 0.200. The van der Waals surface area contributed by atoms with Gasteiger partial charge in [-0.05, 0) is 24.6 Å². The zero-order valence-corrected chi connectivity index (χ0v) is 15.5. The molecule has 8 heteroatoms. The molecule has 0 radical (unpaired) electrons. The van der Waals surface area contributed by atoms with E-state index in [1.807, 2.05) is 0 Å². The van der Waals surface area contributed by atoms with E-state index in [1.54, 1.807) is 6.92 Å². The fourth-order valence-electron chi connectivity index (χ4n) is 3.03. The van der Waals surface area contributed by atoms with Gasteiger partial charge in [0.05, 0.1) is 18.2 Å². The van der Waals surface area contributed by atoms with Crippen molar-refractivity contribution in [1.29, 1.82) is 0 Å². The van der Waals surface area contributed by atoms with Crippen molar-refractivity contribution < 1.29 is 38.5 Å². The highest BCUT2D eigenvalue weighted by atomic mass is 16.6. The lowest BCUT2D eigenvalue weighted by Crippen LogP contribution is -2.24. The average Bonchev–Trinajstić information content (AvgIpc) is 2.61. The topological polar surface area (TPSA) is 116 Å². The first kappa shape index (κ1) is 19.1. The van der Waals surface area contributed by atoms with Crippen molar-refractivity contribution in [2.45, 2.75) is 20.8 Å². The lowest BCUT2D eigenvalue weighted by atomic mass is 9.82. The summed E-state index contributed by atoms with van der Waals surface area (Å²) in [6.07, 6.45) is 0. The van der Waals surface area contributed by atoms with Gasteiger partial charge >= 0.3 is 11.9 Å². The number of aromatic hydroxyl groups is 1. The largest absolute Gasteiger partial charge is 0.508 e. The first-order valence-corrected chi connectivity index (χ1v) is 8.20. The SMILES string of the molecule is COc1cc(OC(C)=O)c2c(c1OC(C)=O)C(=O)c1cc(C)c(O)cc1C2=O. The summed E-state index contributed by atoms with van der Waals surface area (Å²) >= 11 is 0. The maximum Gasteiger partial charge on any atom is 0.308 e. The Labute approximate surface area is 159 Å². The summed E-state index contributed by atoms with van der Waals surface area (Å²) < 4.78 is 15.4. The third-order valence-electron chi connectivity index (χ3n) is 4.21. The Kier molecular flexibility index (Phi) is 4.64. The van der Waals surface area contributed by atoms with Gasteiger partial charge < -0.3 is 19.3 Å². The van der Waals surface area contributed by atoms with Gasteiger partial charge in [-0.2, -0.15) is 0 Å². The number of rotatable bonds is 3. The van der Waals surface area contributed by atoms with Crippen molar-refractivity contribution >= 4 is 23.5 Å². The van der Waals surface area contributed by atoms with Crippen LogP contribution in [0.4, 0.5) is 0 Å². The summed E-state index contributed by atoms with van der Waals surface area (Å²) in [6.45, 7) is 3.85. The van der Waals surface area contributed by atoms with Crippen LogP contribution >= 0.6 is 0 Å². The Hall–Kier alpha value is -3.68. The standard InChI is InChI=1S/C20H16O8/c1-8-5-11-12(6-13(8)23)18(24)16-14(27-9(2)21)7-15(26-4)20(28-10(3)22)17(16)19(11)25/h5-7,23H,1-4H3. The minimum Gasteiger partial charge on any atom is -0.508 e. The summed E-state index contributed by atoms with van der Waals surface area (Å²) in [7, 11) is 1.28. The van der Waals surface area contributed by atoms with Crippen LogP contribution in [0.15, 0.2) is 18.2 Å². The van der Waals surface area contributed by atoms with E-state index in [2.05, 4.69) is 0 Å². The number of phenolic OH excluding ortho intramolecular Hbond substituents is 1. The van der Waals surface area contributed by atoms with Gasteiger partial charge in [0.15, 0.2) is 23.1 Å². The molecule has 1 aliphatic carbocycles. The fourth-order valence-corrected chi connectivity index (χ4v) is 3.03. The van der Waals surface area contributed by atoms with E-state index in [0.717, 1.165) is 13.8 Å². The first-order valence-electron chi connectivity index (χ1n) is 8.20. The first-order chi connectivity index (χ1) is 13.1. The average molecular weight is 384 g/mol. The number of phenols is 1. The molecule has 0 atom stereocenters. The van der Waals surface area contributed by atoms with E-state index < -0.39 is 23.5 Å². The van der Waals surface area contributed by atoms with E-state index in [4.69, 9.17) is 14.2 Å². The maximum atomic E-state index is 13.2. The molecule has 0 aromatic heterocycles. The third-order valence-corrected chi connectivity index (χ3v) is 4.21. The zero-order valence-electron chi connectivity index (χ0n) is 15.5. The number of esters is 2. The number of hydrogen-bond donors (Lipinski definition) is 1. The summed E-state index contributed by atoms with van der Waals surface area (Å²) in [6, 6.07) is 3.75. The van der Waals surface area contributed by atoms with Gasteiger partial charge in [-0.1, -0.05) is 0 Å². The highest BCUT2D eigenvalue weighted by Gasteiger charge is 2.38. The molecule has 0 saturated heterocycles. The van der Waals surface area contributed by atoms with Crippen LogP contribution in [-0.4, -0.2) is 35.7 Å². The second-order valence-corrected chi connectivity index (χ2v) is 6.19. The predicted molar refractivity (Wildman–Crippen MR) is 95.3 cm³/mol. The summed E-state index contributed by atoms with van der Waals surface area (Å²) in [5, 5.41) is 9.96. The predicted octanol–water partition coefficient (Wildman–Crippen LogP) is 2.34. The Balaban J connectivity index is 2.40. The number of hydrogen-bond acceptors (Lipinski definition) is 8. The molecule has 0 bridgehead atoms. The van der Waals surface area contributed by atoms with Gasteiger partial charge in [0.25, 0.3) is 0 Å². The number of fused-ring (bicyclic) bond motifs is 2. The number of benzene rings is 2. The lowest BCUT2D eigenvalue weighted by molar-refractivity contribution is -0.133. The maximum absolute atomic E-state index is 13.2. The van der Waals surface area contributed by atoms with Gasteiger partial charge in [-0.15, -0.1) is 0 Å². The highest BCUT2D eigenvalue weighted by Crippen LogP contribution is 2.45. The molecule has 0 spiro atoms. The van der Waals surface area contributed by atoms with Crippen LogP contribution in [-0.2, 0) is 9.59 Å². The Morgan fingerprint density at radius 1 is 0.857 bits per heavy atom. The monoisotopic (exact) mass is 384 g/mol. The second-order valence-electron chi connectivity index (χ2n) is 6.19. The lowest BCUT2D eigenvalue weighted by Gasteiger charge is -2.23. The van der Waals surface area contributed by atoms with Crippen molar-refractivity contribution in [3.63, 3.8) is 0 Å². The summed E-state index contributed by atoms with van der Waals surface area (Å²) in [5.74, 6) is -3.40. The Morgan fingerprint density at radius 2 is 1.43 bits per heavy atom. The molecule has 2 aromatic rings. The van der Waals surface area contributed by atoms with E-state index >= 15 is 0 Å². The molecule has 2 aromatic carbocycles. The molecular weight excluding hydrogens is 368 g/mol. The van der Waals surface area contributed by atoms with Crippen molar-refractivity contribution in [2.24, 2.45) is 0 Å². The molecule has 1 N–H and O–H groups in total. The molecular formula is C20H16O8. The van der Waals surface area contributed by atoms with Crippen molar-refractivity contribution in [2.75, 3.05) is 7.11 Å². The van der Waals surface area contributed by atoms with Crippen molar-refractivity contribution in [3.05, 3.63) is 46.0 Å².